The van der Waals surface area contributed by atoms with Crippen LogP contribution in [0.2, 0.25) is 10.0 Å². The number of ether oxygens (including phenoxy) is 1. The summed E-state index contributed by atoms with van der Waals surface area (Å²) in [4.78, 5) is 47.9. The van der Waals surface area contributed by atoms with Crippen LogP contribution >= 0.6 is 23.2 Å². The molecule has 1 amide bonds. The van der Waals surface area contributed by atoms with Gasteiger partial charge in [0, 0.05) is 29.1 Å². The van der Waals surface area contributed by atoms with E-state index in [1.54, 1.807) is 0 Å². The molecule has 3 aliphatic rings. The van der Waals surface area contributed by atoms with Gasteiger partial charge in [-0.25, -0.2) is 14.4 Å². The molecule has 1 aromatic carbocycles. The highest BCUT2D eigenvalue weighted by atomic mass is 35.5. The smallest absolute Gasteiger partial charge is 0.408 e. The molecule has 0 aromatic heterocycles. The average Bonchev–Trinajstić information content (AvgIpc) is 2.85. The Kier molecular flexibility index (Phi) is 6.59. The first-order valence-electron chi connectivity index (χ1n) is 10.2. The third-order valence-corrected chi connectivity index (χ3v) is 6.35. The predicted octanol–water partition coefficient (Wildman–Crippen LogP) is 4.32. The van der Waals surface area contributed by atoms with Crippen molar-refractivity contribution in [3.8, 4) is 22.8 Å². The summed E-state index contributed by atoms with van der Waals surface area (Å²) in [6.07, 6.45) is -0.0151. The molecular formula is C24H15Cl2NO10. The Hall–Kier alpha value is -4.48. The van der Waals surface area contributed by atoms with E-state index < -0.39 is 39.6 Å². The Morgan fingerprint density at radius 3 is 2.41 bits per heavy atom. The maximum Gasteiger partial charge on any atom is 0.408 e. The van der Waals surface area contributed by atoms with Gasteiger partial charge in [0.1, 0.15) is 15.8 Å². The Bertz CT molecular complexity index is 1650. The van der Waals surface area contributed by atoms with Crippen LogP contribution in [0.3, 0.4) is 0 Å². The van der Waals surface area contributed by atoms with Gasteiger partial charge in [-0.1, -0.05) is 23.2 Å². The topological polar surface area (TPSA) is 184 Å². The van der Waals surface area contributed by atoms with Gasteiger partial charge in [0.2, 0.25) is 5.43 Å². The largest absolute Gasteiger partial charge is 0.506 e. The lowest BCUT2D eigenvalue weighted by Crippen LogP contribution is -2.19. The molecule has 1 heterocycles. The molecule has 1 aliphatic heterocycles. The fourth-order valence-electron chi connectivity index (χ4n) is 4.04. The van der Waals surface area contributed by atoms with Crippen LogP contribution in [0.4, 0.5) is 4.79 Å². The third-order valence-electron chi connectivity index (χ3n) is 5.64. The van der Waals surface area contributed by atoms with E-state index in [1.807, 2.05) is 5.32 Å². The number of fused-ring (bicyclic) bond motifs is 2. The molecule has 1 aromatic rings. The number of aromatic hydroxyl groups is 1. The Balaban J connectivity index is 2.22. The van der Waals surface area contributed by atoms with Gasteiger partial charge >= 0.3 is 18.0 Å². The molecule has 190 valence electrons. The number of benzene rings is 2. The van der Waals surface area contributed by atoms with Crippen molar-refractivity contribution in [2.45, 2.75) is 6.42 Å². The number of amides is 1. The normalized spacial score (nSPS) is 14.7. The van der Waals surface area contributed by atoms with Crippen LogP contribution in [-0.2, 0) is 9.59 Å². The predicted molar refractivity (Wildman–Crippen MR) is 131 cm³/mol. The lowest BCUT2D eigenvalue weighted by Gasteiger charge is -2.24. The van der Waals surface area contributed by atoms with Crippen molar-refractivity contribution in [1.29, 1.82) is 0 Å². The second-order valence-corrected chi connectivity index (χ2v) is 8.46. The monoisotopic (exact) mass is 547 g/mol. The second-order valence-electron chi connectivity index (χ2n) is 7.71. The number of halogens is 2. The SMILES string of the molecule is COc1cc2c(C3=C(C(=O)O)C=C(C(=O)O)C(=CNC(=O)O)C3)c3ccc(O)c(Cl)c3oc-2c(Cl)c1=O. The molecule has 0 bridgehead atoms. The molecule has 0 fully saturated rings. The number of rotatable bonds is 5. The molecule has 5 N–H and O–H groups in total. The van der Waals surface area contributed by atoms with Gasteiger partial charge in [0.15, 0.2) is 17.1 Å². The van der Waals surface area contributed by atoms with Crippen molar-refractivity contribution in [3.63, 3.8) is 0 Å². The molecule has 0 atom stereocenters. The highest BCUT2D eigenvalue weighted by molar-refractivity contribution is 6.37. The zero-order valence-electron chi connectivity index (χ0n) is 18.6. The summed E-state index contributed by atoms with van der Waals surface area (Å²) < 4.78 is 10.9. The van der Waals surface area contributed by atoms with Crippen LogP contribution in [0, 0.1) is 0 Å². The van der Waals surface area contributed by atoms with E-state index in [2.05, 4.69) is 0 Å². The first kappa shape index (κ1) is 25.6. The molecule has 0 unspecified atom stereocenters. The molecule has 37 heavy (non-hydrogen) atoms. The molecule has 0 spiro atoms. The van der Waals surface area contributed by atoms with Crippen LogP contribution in [-0.4, -0.2) is 45.6 Å². The number of aliphatic carboxylic acids is 2. The summed E-state index contributed by atoms with van der Waals surface area (Å²) in [6, 6.07) is 3.91. The van der Waals surface area contributed by atoms with Crippen molar-refractivity contribution < 1.29 is 44.0 Å². The van der Waals surface area contributed by atoms with E-state index in [0.717, 1.165) is 12.3 Å². The summed E-state index contributed by atoms with van der Waals surface area (Å²) >= 11 is 12.6. The van der Waals surface area contributed by atoms with Crippen molar-refractivity contribution in [3.05, 3.63) is 73.0 Å². The summed E-state index contributed by atoms with van der Waals surface area (Å²) in [6.45, 7) is 0. The van der Waals surface area contributed by atoms with E-state index in [-0.39, 0.29) is 61.9 Å². The maximum absolute atomic E-state index is 12.6. The molecule has 0 saturated heterocycles. The van der Waals surface area contributed by atoms with Gasteiger partial charge < -0.3 is 29.6 Å². The fraction of sp³-hybridized carbons (Fsp3) is 0.0833. The first-order chi connectivity index (χ1) is 17.5. The van der Waals surface area contributed by atoms with E-state index in [4.69, 9.17) is 37.5 Å². The summed E-state index contributed by atoms with van der Waals surface area (Å²) in [5.74, 6) is -3.71. The number of phenolic OH excluding ortho intramolecular Hbond substituents is 1. The Morgan fingerprint density at radius 1 is 1.11 bits per heavy atom. The number of methoxy groups -OCH3 is 1. The van der Waals surface area contributed by atoms with Crippen molar-refractivity contribution in [1.82, 2.24) is 5.32 Å². The average molecular weight is 548 g/mol. The Labute approximate surface area is 216 Å². The molecule has 0 saturated carbocycles. The number of allylic oxidation sites excluding steroid dienone is 1. The number of carboxylic acids is 2. The van der Waals surface area contributed by atoms with Crippen LogP contribution in [0.5, 0.6) is 11.5 Å². The molecule has 2 aliphatic carbocycles. The van der Waals surface area contributed by atoms with E-state index in [9.17, 15) is 34.5 Å². The number of hydrogen-bond acceptors (Lipinski definition) is 7. The molecule has 13 heteroatoms. The second kappa shape index (κ2) is 9.52. The zero-order chi connectivity index (χ0) is 27.2. The standard InChI is InChI=1S/C24H15Cl2NO10/c1-36-15-6-13-16(9-2-3-14(28)17(25)20(9)37-21(13)18(26)19(15)29)11-4-8(7-27-24(34)35)10(22(30)31)5-12(11)23(32)33/h2-3,5-7,27-28H,4H2,1H3,(H,30,31)(H,32,33)(H,34,35). The number of carboxylic acid groups (broad SMARTS) is 3. The van der Waals surface area contributed by atoms with E-state index in [0.29, 0.717) is 0 Å². The van der Waals surface area contributed by atoms with Gasteiger partial charge in [0.05, 0.1) is 18.3 Å². The number of phenols is 1. The van der Waals surface area contributed by atoms with Crippen molar-refractivity contribution >= 4 is 57.8 Å². The number of nitrogens with one attached hydrogen (secondary N) is 1. The van der Waals surface area contributed by atoms with Crippen molar-refractivity contribution in [2.75, 3.05) is 7.11 Å². The van der Waals surface area contributed by atoms with Crippen LogP contribution < -0.4 is 15.5 Å². The number of carbonyl (C=O) groups is 3. The summed E-state index contributed by atoms with van der Waals surface area (Å²) in [5, 5.41) is 40.3. The lowest BCUT2D eigenvalue weighted by atomic mass is 9.81. The maximum atomic E-state index is 12.6. The fourth-order valence-corrected chi connectivity index (χ4v) is 4.48. The van der Waals surface area contributed by atoms with Crippen molar-refractivity contribution in [2.24, 2.45) is 0 Å². The minimum absolute atomic E-state index is 0.0280. The molecule has 11 nitrogen and oxygen atoms in total. The number of hydrogen-bond donors (Lipinski definition) is 5. The summed E-state index contributed by atoms with van der Waals surface area (Å²) in [7, 11) is 1.23. The highest BCUT2D eigenvalue weighted by Crippen LogP contribution is 2.48. The van der Waals surface area contributed by atoms with E-state index >= 15 is 0 Å². The minimum Gasteiger partial charge on any atom is -0.506 e. The van der Waals surface area contributed by atoms with Crippen LogP contribution in [0.15, 0.2) is 56.4 Å². The molecular weight excluding hydrogens is 533 g/mol. The molecule has 4 rings (SSSR count). The van der Waals surface area contributed by atoms with Gasteiger partial charge in [-0.2, -0.15) is 0 Å². The lowest BCUT2D eigenvalue weighted by molar-refractivity contribution is -0.132. The quantitative estimate of drug-likeness (QED) is 0.288. The van der Waals surface area contributed by atoms with Crippen LogP contribution in [0.1, 0.15) is 12.0 Å². The zero-order valence-corrected chi connectivity index (χ0v) is 20.1. The van der Waals surface area contributed by atoms with Gasteiger partial charge in [0.25, 0.3) is 0 Å². The first-order valence-corrected chi connectivity index (χ1v) is 11.0. The van der Waals surface area contributed by atoms with Crippen LogP contribution in [0.25, 0.3) is 27.9 Å². The highest BCUT2D eigenvalue weighted by Gasteiger charge is 2.32. The summed E-state index contributed by atoms with van der Waals surface area (Å²) in [5.41, 5.74) is -1.49. The third kappa shape index (κ3) is 4.34. The van der Waals surface area contributed by atoms with E-state index in [1.165, 1.54) is 25.3 Å². The minimum atomic E-state index is -1.48. The van der Waals surface area contributed by atoms with Gasteiger partial charge in [-0.05, 0) is 35.4 Å². The van der Waals surface area contributed by atoms with Gasteiger partial charge in [-0.3, -0.25) is 10.1 Å². The Morgan fingerprint density at radius 2 is 1.81 bits per heavy atom. The van der Waals surface area contributed by atoms with Gasteiger partial charge in [-0.15, -0.1) is 0 Å². The molecule has 0 radical (unpaired) electrons.